The van der Waals surface area contributed by atoms with Crippen LogP contribution in [0, 0.1) is 18.6 Å². The molecule has 4 aromatic rings. The highest BCUT2D eigenvalue weighted by atomic mass is 32.1. The average molecular weight is 483 g/mol. The Kier molecular flexibility index (Phi) is 5.56. The minimum Gasteiger partial charge on any atom is -0.479 e. The van der Waals surface area contributed by atoms with Crippen LogP contribution in [0.15, 0.2) is 36.5 Å². The number of halogens is 2. The van der Waals surface area contributed by atoms with Crippen molar-refractivity contribution in [3.63, 3.8) is 0 Å². The number of amides is 1. The van der Waals surface area contributed by atoms with Gasteiger partial charge in [-0.1, -0.05) is 0 Å². The molecule has 34 heavy (non-hydrogen) atoms. The highest BCUT2D eigenvalue weighted by Crippen LogP contribution is 2.40. The van der Waals surface area contributed by atoms with Crippen molar-refractivity contribution in [2.75, 3.05) is 13.7 Å². The van der Waals surface area contributed by atoms with Gasteiger partial charge in [0.15, 0.2) is 16.6 Å². The lowest BCUT2D eigenvalue weighted by Gasteiger charge is -2.35. The second-order valence-electron chi connectivity index (χ2n) is 7.83. The Bertz CT molecular complexity index is 1380. The third-order valence-corrected chi connectivity index (χ3v) is 6.61. The maximum atomic E-state index is 15.3. The molecule has 174 valence electrons. The van der Waals surface area contributed by atoms with Crippen LogP contribution in [0.1, 0.15) is 34.8 Å². The first kappa shape index (κ1) is 22.1. The Balaban J connectivity index is 1.65. The van der Waals surface area contributed by atoms with Gasteiger partial charge in [-0.15, -0.1) is 0 Å². The van der Waals surface area contributed by atoms with Gasteiger partial charge in [0.2, 0.25) is 0 Å². The first-order valence-corrected chi connectivity index (χ1v) is 11.3. The van der Waals surface area contributed by atoms with Crippen molar-refractivity contribution < 1.29 is 18.3 Å². The lowest BCUT2D eigenvalue weighted by molar-refractivity contribution is 0.0645. The topological polar surface area (TPSA) is 86.0 Å². The first-order valence-electron chi connectivity index (χ1n) is 10.6. The lowest BCUT2D eigenvalue weighted by Crippen LogP contribution is -2.41. The number of nitrogens with zero attached hydrogens (tertiary/aromatic N) is 6. The molecule has 0 unspecified atom stereocenters. The average Bonchev–Trinajstić information content (AvgIpc) is 3.43. The molecule has 0 aliphatic carbocycles. The van der Waals surface area contributed by atoms with Gasteiger partial charge in [0.05, 0.1) is 24.5 Å². The van der Waals surface area contributed by atoms with Crippen molar-refractivity contribution in [1.82, 2.24) is 28.8 Å². The summed E-state index contributed by atoms with van der Waals surface area (Å²) in [5, 5.41) is 0.608. The molecule has 4 heterocycles. The number of pyridine rings is 1. The summed E-state index contributed by atoms with van der Waals surface area (Å²) in [5.41, 5.74) is 1.63. The van der Waals surface area contributed by atoms with Crippen molar-refractivity contribution >= 4 is 17.4 Å². The van der Waals surface area contributed by atoms with Crippen LogP contribution in [-0.2, 0) is 6.54 Å². The monoisotopic (exact) mass is 482 g/mol. The van der Waals surface area contributed by atoms with Crippen LogP contribution >= 0.6 is 11.5 Å². The summed E-state index contributed by atoms with van der Waals surface area (Å²) < 4.78 is 39.9. The van der Waals surface area contributed by atoms with Gasteiger partial charge in [-0.05, 0) is 55.7 Å². The van der Waals surface area contributed by atoms with Crippen molar-refractivity contribution in [2.24, 2.45) is 0 Å². The molecule has 0 spiro atoms. The first-order chi connectivity index (χ1) is 16.4. The number of aryl methyl sites for hydroxylation is 1. The smallest absolute Gasteiger partial charge is 0.254 e. The fraction of sp³-hybridized carbons (Fsp3) is 0.261. The summed E-state index contributed by atoms with van der Waals surface area (Å²) in [6, 6.07) is 6.51. The Morgan fingerprint density at radius 2 is 1.91 bits per heavy atom. The number of carbonyl (C=O) groups excluding carboxylic acids is 1. The van der Waals surface area contributed by atoms with Crippen LogP contribution in [-0.4, -0.2) is 48.4 Å². The summed E-state index contributed by atoms with van der Waals surface area (Å²) in [6.45, 7) is 4.48. The van der Waals surface area contributed by atoms with Gasteiger partial charge in [-0.2, -0.15) is 4.37 Å². The van der Waals surface area contributed by atoms with E-state index >= 15 is 4.39 Å². The number of ether oxygens (including phenoxy) is 1. The summed E-state index contributed by atoms with van der Waals surface area (Å²) in [6.07, 6.45) is 1.45. The van der Waals surface area contributed by atoms with Gasteiger partial charge in [-0.25, -0.2) is 23.7 Å². The molecule has 8 nitrogen and oxygen atoms in total. The quantitative estimate of drug-likeness (QED) is 0.432. The summed E-state index contributed by atoms with van der Waals surface area (Å²) in [4.78, 5) is 28.1. The van der Waals surface area contributed by atoms with Gasteiger partial charge in [0, 0.05) is 30.4 Å². The molecular formula is C23H20F2N6O2S. The van der Waals surface area contributed by atoms with Gasteiger partial charge in [0.25, 0.3) is 11.8 Å². The fourth-order valence-corrected chi connectivity index (χ4v) is 4.87. The number of fused-ring (bicyclic) bond motifs is 1. The normalized spacial score (nSPS) is 15.3. The molecule has 5 rings (SSSR count). The zero-order chi connectivity index (χ0) is 24.0. The molecule has 0 radical (unpaired) electrons. The number of imidazole rings is 1. The van der Waals surface area contributed by atoms with E-state index < -0.39 is 17.7 Å². The molecule has 1 atom stereocenters. The number of methoxy groups -OCH3 is 1. The van der Waals surface area contributed by atoms with Gasteiger partial charge < -0.3 is 14.2 Å². The third kappa shape index (κ3) is 3.61. The maximum Gasteiger partial charge on any atom is 0.254 e. The maximum absolute atomic E-state index is 15.3. The molecule has 1 aliphatic rings. The highest BCUT2D eigenvalue weighted by Gasteiger charge is 2.35. The molecule has 0 saturated heterocycles. The third-order valence-electron chi connectivity index (χ3n) is 5.81. The van der Waals surface area contributed by atoms with Crippen LogP contribution in [0.25, 0.3) is 22.1 Å². The molecule has 0 fully saturated rings. The van der Waals surface area contributed by atoms with Crippen LogP contribution in [0.5, 0.6) is 5.88 Å². The highest BCUT2D eigenvalue weighted by molar-refractivity contribution is 7.09. The van der Waals surface area contributed by atoms with Crippen LogP contribution in [0.4, 0.5) is 8.78 Å². The molecule has 1 amide bonds. The summed E-state index contributed by atoms with van der Waals surface area (Å²) >= 11 is 1.21. The summed E-state index contributed by atoms with van der Waals surface area (Å²) in [7, 11) is 1.35. The van der Waals surface area contributed by atoms with Gasteiger partial charge >= 0.3 is 0 Å². The van der Waals surface area contributed by atoms with E-state index in [-0.39, 0.29) is 17.4 Å². The second kappa shape index (κ2) is 8.56. The van der Waals surface area contributed by atoms with Gasteiger partial charge in [0.1, 0.15) is 11.6 Å². The number of benzene rings is 1. The number of hydrogen-bond donors (Lipinski definition) is 0. The molecular weight excluding hydrogens is 462 g/mol. The van der Waals surface area contributed by atoms with Gasteiger partial charge in [-0.3, -0.25) is 4.79 Å². The molecule has 1 aliphatic heterocycles. The van der Waals surface area contributed by atoms with Crippen LogP contribution in [0.3, 0.4) is 0 Å². The Morgan fingerprint density at radius 1 is 1.15 bits per heavy atom. The Labute approximate surface area is 198 Å². The van der Waals surface area contributed by atoms with Crippen molar-refractivity contribution in [3.8, 4) is 28.0 Å². The van der Waals surface area contributed by atoms with Crippen LogP contribution < -0.4 is 4.74 Å². The number of aromatic nitrogens is 5. The minimum atomic E-state index is -0.639. The Morgan fingerprint density at radius 3 is 2.59 bits per heavy atom. The molecule has 0 saturated carbocycles. The SMILES string of the molecule is COc1nccc(-c2nc(-c3nc(C)ns3)n3c2[C@@H](C)N(C(=O)c2ccc(F)cc2)CC3)c1F. The number of hydrogen-bond acceptors (Lipinski definition) is 7. The van der Waals surface area contributed by atoms with E-state index in [1.807, 2.05) is 11.5 Å². The lowest BCUT2D eigenvalue weighted by atomic mass is 10.0. The van der Waals surface area contributed by atoms with Crippen LogP contribution in [0.2, 0.25) is 0 Å². The largest absolute Gasteiger partial charge is 0.479 e. The minimum absolute atomic E-state index is 0.143. The molecule has 11 heteroatoms. The number of rotatable bonds is 4. The predicted octanol–water partition coefficient (Wildman–Crippen LogP) is 4.28. The van der Waals surface area contributed by atoms with E-state index in [0.29, 0.717) is 46.7 Å². The molecule has 0 N–H and O–H groups in total. The van der Waals surface area contributed by atoms with E-state index in [1.165, 1.54) is 55.2 Å². The number of carbonyl (C=O) groups is 1. The second-order valence-corrected chi connectivity index (χ2v) is 8.58. The van der Waals surface area contributed by atoms with E-state index in [9.17, 15) is 9.18 Å². The van der Waals surface area contributed by atoms with E-state index in [1.54, 1.807) is 11.8 Å². The molecule has 0 bridgehead atoms. The summed E-state index contributed by atoms with van der Waals surface area (Å²) in [5.74, 6) is -0.260. The Hall–Kier alpha value is -3.73. The zero-order valence-corrected chi connectivity index (χ0v) is 19.4. The van der Waals surface area contributed by atoms with Crippen molar-refractivity contribution in [1.29, 1.82) is 0 Å². The van der Waals surface area contributed by atoms with E-state index in [4.69, 9.17) is 9.72 Å². The molecule has 3 aromatic heterocycles. The van der Waals surface area contributed by atoms with E-state index in [0.717, 1.165) is 0 Å². The fourth-order valence-electron chi connectivity index (χ4n) is 4.20. The van der Waals surface area contributed by atoms with Crippen molar-refractivity contribution in [2.45, 2.75) is 26.4 Å². The van der Waals surface area contributed by atoms with Crippen molar-refractivity contribution in [3.05, 3.63) is 65.2 Å². The zero-order valence-electron chi connectivity index (χ0n) is 18.6. The molecule has 1 aromatic carbocycles. The predicted molar refractivity (Wildman–Crippen MR) is 121 cm³/mol. The standard InChI is InChI=1S/C23H20F2N6O2S/c1-12-19-18(16-8-9-26-21(33-3)17(16)25)28-20(22-27-13(2)29-34-22)31(19)11-10-30(12)23(32)14-4-6-15(24)7-5-14/h4-9,12H,10-11H2,1-3H3/t12-/m1/s1. The van der Waals surface area contributed by atoms with E-state index in [2.05, 4.69) is 14.3 Å².